The molecule has 1 unspecified atom stereocenters. The van der Waals surface area contributed by atoms with Crippen molar-refractivity contribution in [2.75, 3.05) is 18.1 Å². The molecule has 0 aromatic rings. The monoisotopic (exact) mass is 200 g/mol. The fourth-order valence-corrected chi connectivity index (χ4v) is 2.86. The molecule has 0 aliphatic carbocycles. The molecule has 2 heteroatoms. The summed E-state index contributed by atoms with van der Waals surface area (Å²) in [5, 5.41) is 0. The highest BCUT2D eigenvalue weighted by molar-refractivity contribution is 7.99. The van der Waals surface area contributed by atoms with Crippen molar-refractivity contribution in [3.8, 4) is 0 Å². The van der Waals surface area contributed by atoms with Crippen LogP contribution in [0, 0.1) is 5.92 Å². The van der Waals surface area contributed by atoms with Crippen molar-refractivity contribution < 1.29 is 4.74 Å². The van der Waals surface area contributed by atoms with Gasteiger partial charge in [-0.2, -0.15) is 11.8 Å². The fraction of sp³-hybridized carbons (Fsp3) is 0.818. The van der Waals surface area contributed by atoms with E-state index in [1.165, 1.54) is 37.2 Å². The zero-order valence-corrected chi connectivity index (χ0v) is 9.31. The average molecular weight is 200 g/mol. The molecule has 0 amide bonds. The van der Waals surface area contributed by atoms with Gasteiger partial charge in [-0.05, 0) is 50.0 Å². The van der Waals surface area contributed by atoms with Crippen LogP contribution in [0.1, 0.15) is 32.6 Å². The number of ether oxygens (including phenoxy) is 1. The minimum atomic E-state index is 0.894. The van der Waals surface area contributed by atoms with Crippen molar-refractivity contribution in [1.82, 2.24) is 0 Å². The molecule has 0 aromatic heterocycles. The summed E-state index contributed by atoms with van der Waals surface area (Å²) in [6, 6.07) is 0. The lowest BCUT2D eigenvalue weighted by molar-refractivity contribution is 0.233. The Labute approximate surface area is 85.9 Å². The van der Waals surface area contributed by atoms with E-state index in [1.807, 2.05) is 13.0 Å². The lowest BCUT2D eigenvalue weighted by Crippen LogP contribution is -2.10. The van der Waals surface area contributed by atoms with Gasteiger partial charge in [0.05, 0.1) is 12.9 Å². The second kappa shape index (κ2) is 7.31. The summed E-state index contributed by atoms with van der Waals surface area (Å²) in [5.41, 5.74) is 0. The van der Waals surface area contributed by atoms with Crippen LogP contribution < -0.4 is 0 Å². The molecule has 76 valence electrons. The van der Waals surface area contributed by atoms with Crippen LogP contribution in [0.4, 0.5) is 0 Å². The van der Waals surface area contributed by atoms with E-state index in [1.54, 1.807) is 6.26 Å². The number of thioether (sulfide) groups is 1. The molecule has 0 saturated carbocycles. The molecule has 1 nitrogen and oxygen atoms in total. The van der Waals surface area contributed by atoms with E-state index < -0.39 is 0 Å². The van der Waals surface area contributed by atoms with Gasteiger partial charge in [0.2, 0.25) is 0 Å². The Bertz CT molecular complexity index is 139. The van der Waals surface area contributed by atoms with Crippen LogP contribution in [0.2, 0.25) is 0 Å². The van der Waals surface area contributed by atoms with E-state index >= 15 is 0 Å². The first-order valence-corrected chi connectivity index (χ1v) is 6.39. The third-order valence-electron chi connectivity index (χ3n) is 2.36. The van der Waals surface area contributed by atoms with E-state index in [4.69, 9.17) is 4.74 Å². The topological polar surface area (TPSA) is 9.23 Å². The van der Waals surface area contributed by atoms with E-state index in [-0.39, 0.29) is 0 Å². The van der Waals surface area contributed by atoms with Gasteiger partial charge in [0.15, 0.2) is 0 Å². The molecule has 0 bridgehead atoms. The first-order chi connectivity index (χ1) is 6.43. The molecule has 0 radical (unpaired) electrons. The van der Waals surface area contributed by atoms with Gasteiger partial charge in [0, 0.05) is 0 Å². The second-order valence-electron chi connectivity index (χ2n) is 3.57. The van der Waals surface area contributed by atoms with Crippen LogP contribution in [0.3, 0.4) is 0 Å². The van der Waals surface area contributed by atoms with Gasteiger partial charge in [-0.25, -0.2) is 0 Å². The van der Waals surface area contributed by atoms with Crippen LogP contribution in [0.5, 0.6) is 0 Å². The normalized spacial score (nSPS) is 23.6. The van der Waals surface area contributed by atoms with Gasteiger partial charge < -0.3 is 4.74 Å². The predicted molar refractivity (Wildman–Crippen MR) is 60.0 cm³/mol. The summed E-state index contributed by atoms with van der Waals surface area (Å²) in [7, 11) is 0. The molecular weight excluding hydrogens is 180 g/mol. The summed E-state index contributed by atoms with van der Waals surface area (Å²) in [4.78, 5) is 0. The van der Waals surface area contributed by atoms with E-state index in [0.717, 1.165) is 12.5 Å². The summed E-state index contributed by atoms with van der Waals surface area (Å²) in [6.07, 6.45) is 9.16. The lowest BCUT2D eigenvalue weighted by Gasteiger charge is -2.20. The largest absolute Gasteiger partial charge is 0.502 e. The molecule has 0 N–H and O–H groups in total. The first kappa shape index (κ1) is 11.0. The highest BCUT2D eigenvalue weighted by Gasteiger charge is 2.12. The Balaban J connectivity index is 1.92. The maximum atomic E-state index is 5.29. The van der Waals surface area contributed by atoms with Crippen LogP contribution in [0.25, 0.3) is 0 Å². The van der Waals surface area contributed by atoms with E-state index in [9.17, 15) is 0 Å². The fourth-order valence-electron chi connectivity index (χ4n) is 1.65. The smallest absolute Gasteiger partial charge is 0.0873 e. The van der Waals surface area contributed by atoms with E-state index in [2.05, 4.69) is 11.8 Å². The Kier molecular flexibility index (Phi) is 6.17. The van der Waals surface area contributed by atoms with Crippen LogP contribution in [-0.4, -0.2) is 18.1 Å². The molecule has 1 saturated heterocycles. The zero-order chi connectivity index (χ0) is 9.36. The zero-order valence-electron chi connectivity index (χ0n) is 8.50. The molecule has 1 aliphatic heterocycles. The highest BCUT2D eigenvalue weighted by Crippen LogP contribution is 2.25. The Hall–Kier alpha value is -0.110. The molecule has 0 aromatic carbocycles. The minimum absolute atomic E-state index is 0.894. The summed E-state index contributed by atoms with van der Waals surface area (Å²) < 4.78 is 5.29. The molecule has 13 heavy (non-hydrogen) atoms. The van der Waals surface area contributed by atoms with Gasteiger partial charge in [0.25, 0.3) is 0 Å². The van der Waals surface area contributed by atoms with Gasteiger partial charge in [-0.1, -0.05) is 6.08 Å². The van der Waals surface area contributed by atoms with Crippen LogP contribution >= 0.6 is 11.8 Å². The molecule has 1 fully saturated rings. The van der Waals surface area contributed by atoms with Gasteiger partial charge >= 0.3 is 0 Å². The number of hydrogen-bond acceptors (Lipinski definition) is 2. The van der Waals surface area contributed by atoms with Crippen molar-refractivity contribution >= 4 is 11.8 Å². The summed E-state index contributed by atoms with van der Waals surface area (Å²) >= 11 is 2.12. The Morgan fingerprint density at radius 1 is 1.54 bits per heavy atom. The van der Waals surface area contributed by atoms with Crippen LogP contribution in [-0.2, 0) is 4.74 Å². The molecule has 1 heterocycles. The van der Waals surface area contributed by atoms with Crippen molar-refractivity contribution in [2.24, 2.45) is 5.92 Å². The first-order valence-electron chi connectivity index (χ1n) is 5.24. The Morgan fingerprint density at radius 3 is 3.15 bits per heavy atom. The van der Waals surface area contributed by atoms with Gasteiger partial charge in [-0.3, -0.25) is 0 Å². The quantitative estimate of drug-likeness (QED) is 0.496. The molecule has 1 aliphatic rings. The van der Waals surface area contributed by atoms with Crippen molar-refractivity contribution in [3.05, 3.63) is 12.3 Å². The van der Waals surface area contributed by atoms with Gasteiger partial charge in [0.1, 0.15) is 0 Å². The van der Waals surface area contributed by atoms with Crippen molar-refractivity contribution in [1.29, 1.82) is 0 Å². The van der Waals surface area contributed by atoms with E-state index in [0.29, 0.717) is 0 Å². The SMILES string of the molecule is C/C=C/OCCCC1CCCSC1. The second-order valence-corrected chi connectivity index (χ2v) is 4.72. The van der Waals surface area contributed by atoms with Gasteiger partial charge in [-0.15, -0.1) is 0 Å². The number of allylic oxidation sites excluding steroid dienone is 1. The van der Waals surface area contributed by atoms with Crippen molar-refractivity contribution in [2.45, 2.75) is 32.6 Å². The lowest BCUT2D eigenvalue weighted by atomic mass is 10.00. The molecular formula is C11H20OS. The Morgan fingerprint density at radius 2 is 2.46 bits per heavy atom. The molecule has 0 spiro atoms. The van der Waals surface area contributed by atoms with Crippen LogP contribution in [0.15, 0.2) is 12.3 Å². The standard InChI is InChI=1S/C11H20OS/c1-2-7-12-8-3-5-11-6-4-9-13-10-11/h2,7,11H,3-6,8-10H2,1H3/b7-2+. The minimum Gasteiger partial charge on any atom is -0.502 e. The average Bonchev–Trinajstić information content (AvgIpc) is 2.19. The molecule has 1 atom stereocenters. The summed E-state index contributed by atoms with van der Waals surface area (Å²) in [6.45, 7) is 2.88. The molecule has 1 rings (SSSR count). The highest BCUT2D eigenvalue weighted by atomic mass is 32.2. The predicted octanol–water partition coefficient (Wildman–Crippen LogP) is 3.46. The maximum absolute atomic E-state index is 5.29. The third kappa shape index (κ3) is 5.25. The summed E-state index contributed by atoms with van der Waals surface area (Å²) in [5.74, 6) is 3.72. The maximum Gasteiger partial charge on any atom is 0.0873 e. The number of rotatable bonds is 5. The van der Waals surface area contributed by atoms with Crippen molar-refractivity contribution in [3.63, 3.8) is 0 Å². The number of hydrogen-bond donors (Lipinski definition) is 0. The third-order valence-corrected chi connectivity index (χ3v) is 3.65.